The number of hydrogen-bond acceptors (Lipinski definition) is 2. The Morgan fingerprint density at radius 2 is 1.31 bits per heavy atom. The van der Waals surface area contributed by atoms with E-state index in [9.17, 15) is 0 Å². The van der Waals surface area contributed by atoms with Gasteiger partial charge in [-0.1, -0.05) is 0 Å². The highest BCUT2D eigenvalue weighted by Crippen LogP contribution is 2.02. The molecule has 0 aromatic rings. The maximum Gasteiger partial charge on any atom is 0.0351 e. The molecule has 78 valence electrons. The molecule has 1 saturated heterocycles. The van der Waals surface area contributed by atoms with E-state index in [0.717, 1.165) is 44.4 Å². The van der Waals surface area contributed by atoms with Gasteiger partial charge in [-0.25, -0.2) is 0 Å². The van der Waals surface area contributed by atoms with E-state index in [0.29, 0.717) is 0 Å². The summed E-state index contributed by atoms with van der Waals surface area (Å²) in [4.78, 5) is 4.90. The van der Waals surface area contributed by atoms with Gasteiger partial charge in [0.2, 0.25) is 0 Å². The van der Waals surface area contributed by atoms with E-state index in [-0.39, 0.29) is 0 Å². The molecule has 1 rings (SSSR count). The average molecular weight is 225 g/mol. The molecule has 13 heavy (non-hydrogen) atoms. The van der Waals surface area contributed by atoms with Crippen molar-refractivity contribution in [1.29, 1.82) is 0 Å². The van der Waals surface area contributed by atoms with Gasteiger partial charge >= 0.3 is 0 Å². The first-order chi connectivity index (χ1) is 6.36. The third-order valence-electron chi connectivity index (χ3n) is 2.47. The molecule has 0 spiro atoms. The fourth-order valence-electron chi connectivity index (χ4n) is 1.64. The summed E-state index contributed by atoms with van der Waals surface area (Å²) in [6.45, 7) is 6.86. The van der Waals surface area contributed by atoms with Crippen LogP contribution in [0.4, 0.5) is 0 Å². The lowest BCUT2D eigenvalue weighted by atomic mass is 10.3. The van der Waals surface area contributed by atoms with Gasteiger partial charge in [-0.2, -0.15) is 0 Å². The second kappa shape index (κ2) is 6.88. The van der Waals surface area contributed by atoms with E-state index in [2.05, 4.69) is 9.80 Å². The Balaban J connectivity index is 2.08. The molecule has 0 bridgehead atoms. The van der Waals surface area contributed by atoms with E-state index in [1.54, 1.807) is 0 Å². The van der Waals surface area contributed by atoms with Crippen LogP contribution in [0.1, 0.15) is 6.42 Å². The van der Waals surface area contributed by atoms with Crippen LogP contribution in [0.15, 0.2) is 0 Å². The zero-order valence-electron chi connectivity index (χ0n) is 8.01. The summed E-state index contributed by atoms with van der Waals surface area (Å²) in [6, 6.07) is 0. The summed E-state index contributed by atoms with van der Waals surface area (Å²) in [5.74, 6) is 1.53. The summed E-state index contributed by atoms with van der Waals surface area (Å²) in [6.07, 6.45) is 1.11. The molecule has 4 heteroatoms. The third kappa shape index (κ3) is 4.50. The number of halogens is 2. The predicted octanol–water partition coefficient (Wildman–Crippen LogP) is 1.47. The molecule has 1 heterocycles. The van der Waals surface area contributed by atoms with Gasteiger partial charge in [-0.3, -0.25) is 4.90 Å². The van der Waals surface area contributed by atoms with Gasteiger partial charge in [-0.05, 0) is 13.0 Å². The minimum Gasteiger partial charge on any atom is -0.301 e. The fraction of sp³-hybridized carbons (Fsp3) is 1.00. The monoisotopic (exact) mass is 224 g/mol. The van der Waals surface area contributed by atoms with Crippen molar-refractivity contribution in [3.8, 4) is 0 Å². The maximum absolute atomic E-state index is 5.68. The molecule has 1 fully saturated rings. The van der Waals surface area contributed by atoms with E-state index in [4.69, 9.17) is 23.2 Å². The molecule has 0 radical (unpaired) electrons. The zero-order valence-corrected chi connectivity index (χ0v) is 9.53. The molecule has 1 aliphatic rings. The zero-order chi connectivity index (χ0) is 9.52. The Kier molecular flexibility index (Phi) is 6.13. The van der Waals surface area contributed by atoms with Crippen LogP contribution < -0.4 is 0 Å². The number of hydrogen-bond donors (Lipinski definition) is 0. The number of nitrogens with zero attached hydrogens (tertiary/aromatic N) is 2. The molecule has 0 unspecified atom stereocenters. The van der Waals surface area contributed by atoms with Gasteiger partial charge in [0.15, 0.2) is 0 Å². The first-order valence-electron chi connectivity index (χ1n) is 4.93. The molecular formula is C9H18Cl2N2. The summed E-state index contributed by atoms with van der Waals surface area (Å²) in [5.41, 5.74) is 0. The molecule has 2 nitrogen and oxygen atoms in total. The summed E-state index contributed by atoms with van der Waals surface area (Å²) in [5, 5.41) is 0. The van der Waals surface area contributed by atoms with Crippen LogP contribution in [0.2, 0.25) is 0 Å². The Morgan fingerprint density at radius 3 is 1.77 bits per heavy atom. The standard InChI is InChI=1S/C9H18Cl2N2/c10-2-1-4-12-6-8-13(5-3-11)9-7-12/h1-9H2. The molecule has 0 aromatic carbocycles. The van der Waals surface area contributed by atoms with Gasteiger partial charge in [-0.15, -0.1) is 23.2 Å². The maximum atomic E-state index is 5.68. The van der Waals surface area contributed by atoms with Gasteiger partial charge in [0.05, 0.1) is 0 Å². The SMILES string of the molecule is ClCCCN1CCN(CCCl)CC1. The van der Waals surface area contributed by atoms with Crippen molar-refractivity contribution >= 4 is 23.2 Å². The van der Waals surface area contributed by atoms with Crippen LogP contribution in [0.3, 0.4) is 0 Å². The van der Waals surface area contributed by atoms with E-state index < -0.39 is 0 Å². The molecule has 0 aromatic heterocycles. The summed E-state index contributed by atoms with van der Waals surface area (Å²) in [7, 11) is 0. The molecule has 0 amide bonds. The Morgan fingerprint density at radius 1 is 0.769 bits per heavy atom. The van der Waals surface area contributed by atoms with Crippen LogP contribution >= 0.6 is 23.2 Å². The van der Waals surface area contributed by atoms with Crippen LogP contribution in [0.5, 0.6) is 0 Å². The van der Waals surface area contributed by atoms with E-state index >= 15 is 0 Å². The molecular weight excluding hydrogens is 207 g/mol. The van der Waals surface area contributed by atoms with Crippen molar-refractivity contribution in [2.75, 3.05) is 51.0 Å². The highest BCUT2D eigenvalue weighted by molar-refractivity contribution is 6.18. The third-order valence-corrected chi connectivity index (χ3v) is 2.91. The van der Waals surface area contributed by atoms with Crippen LogP contribution in [0, 0.1) is 0 Å². The number of alkyl halides is 2. The van der Waals surface area contributed by atoms with E-state index in [1.807, 2.05) is 0 Å². The summed E-state index contributed by atoms with van der Waals surface area (Å²) >= 11 is 11.3. The highest BCUT2D eigenvalue weighted by Gasteiger charge is 2.14. The first-order valence-corrected chi connectivity index (χ1v) is 6.00. The van der Waals surface area contributed by atoms with Crippen molar-refractivity contribution in [3.05, 3.63) is 0 Å². The Labute approximate surface area is 90.8 Å². The molecule has 0 atom stereocenters. The van der Waals surface area contributed by atoms with Gasteiger partial charge in [0, 0.05) is 44.5 Å². The summed E-state index contributed by atoms with van der Waals surface area (Å²) < 4.78 is 0. The van der Waals surface area contributed by atoms with Crippen LogP contribution in [-0.4, -0.2) is 60.8 Å². The predicted molar refractivity (Wildman–Crippen MR) is 58.9 cm³/mol. The highest BCUT2D eigenvalue weighted by atomic mass is 35.5. The lowest BCUT2D eigenvalue weighted by molar-refractivity contribution is 0.138. The fourth-order valence-corrected chi connectivity index (χ4v) is 2.00. The van der Waals surface area contributed by atoms with Crippen molar-refractivity contribution in [2.24, 2.45) is 0 Å². The Hall–Kier alpha value is 0.500. The van der Waals surface area contributed by atoms with Crippen molar-refractivity contribution in [1.82, 2.24) is 9.80 Å². The van der Waals surface area contributed by atoms with Crippen molar-refractivity contribution in [3.63, 3.8) is 0 Å². The molecule has 1 aliphatic heterocycles. The second-order valence-electron chi connectivity index (χ2n) is 3.41. The van der Waals surface area contributed by atoms with Gasteiger partial charge in [0.25, 0.3) is 0 Å². The minimum atomic E-state index is 0.752. The van der Waals surface area contributed by atoms with Crippen LogP contribution in [0.25, 0.3) is 0 Å². The average Bonchev–Trinajstić information content (AvgIpc) is 2.17. The van der Waals surface area contributed by atoms with Crippen molar-refractivity contribution < 1.29 is 0 Å². The largest absolute Gasteiger partial charge is 0.301 e. The number of piperazine rings is 1. The lowest BCUT2D eigenvalue weighted by Gasteiger charge is -2.34. The topological polar surface area (TPSA) is 6.48 Å². The Bertz CT molecular complexity index is 125. The van der Waals surface area contributed by atoms with E-state index in [1.165, 1.54) is 13.1 Å². The van der Waals surface area contributed by atoms with Gasteiger partial charge in [0.1, 0.15) is 0 Å². The molecule has 0 saturated carbocycles. The lowest BCUT2D eigenvalue weighted by Crippen LogP contribution is -2.47. The van der Waals surface area contributed by atoms with Crippen LogP contribution in [-0.2, 0) is 0 Å². The minimum absolute atomic E-state index is 0.752. The second-order valence-corrected chi connectivity index (χ2v) is 4.17. The quantitative estimate of drug-likeness (QED) is 0.654. The first kappa shape index (κ1) is 11.6. The molecule has 0 N–H and O–H groups in total. The number of rotatable bonds is 5. The molecule has 0 aliphatic carbocycles. The smallest absolute Gasteiger partial charge is 0.0351 e. The van der Waals surface area contributed by atoms with Crippen molar-refractivity contribution in [2.45, 2.75) is 6.42 Å². The normalized spacial score (nSPS) is 20.8. The van der Waals surface area contributed by atoms with Gasteiger partial charge < -0.3 is 4.90 Å².